The molecule has 1 aromatic heterocycles. The highest BCUT2D eigenvalue weighted by atomic mass is 32.1. The van der Waals surface area contributed by atoms with E-state index in [-0.39, 0.29) is 11.3 Å². The van der Waals surface area contributed by atoms with Crippen LogP contribution in [0.15, 0.2) is 6.07 Å². The molecule has 1 aliphatic heterocycles. The van der Waals surface area contributed by atoms with Gasteiger partial charge in [0.15, 0.2) is 0 Å². The van der Waals surface area contributed by atoms with Crippen LogP contribution in [0.4, 0.5) is 5.69 Å². The van der Waals surface area contributed by atoms with Crippen molar-refractivity contribution in [1.82, 2.24) is 4.90 Å². The molecule has 1 fully saturated rings. The van der Waals surface area contributed by atoms with E-state index in [0.717, 1.165) is 11.4 Å². The number of ether oxygens (including phenoxy) is 2. The molecule has 0 spiro atoms. The van der Waals surface area contributed by atoms with Gasteiger partial charge in [-0.3, -0.25) is 4.79 Å². The van der Waals surface area contributed by atoms with E-state index >= 15 is 0 Å². The van der Waals surface area contributed by atoms with E-state index in [1.165, 1.54) is 18.4 Å². The van der Waals surface area contributed by atoms with Gasteiger partial charge >= 0.3 is 5.97 Å². The van der Waals surface area contributed by atoms with Crippen molar-refractivity contribution in [2.45, 2.75) is 27.2 Å². The zero-order chi connectivity index (χ0) is 19.0. The fourth-order valence-electron chi connectivity index (χ4n) is 1.75. The summed E-state index contributed by atoms with van der Waals surface area (Å²) in [6, 6.07) is 1.70. The molecule has 1 aromatic rings. The number of carbonyl (C=O) groups is 2. The summed E-state index contributed by atoms with van der Waals surface area (Å²) >= 11 is 1.26. The second kappa shape index (κ2) is 9.44. The molecule has 2 heterocycles. The molecule has 7 heteroatoms. The minimum Gasteiger partial charge on any atom is -0.465 e. The summed E-state index contributed by atoms with van der Waals surface area (Å²) in [5.41, 5.74) is 6.06. The number of thiophene rings is 1. The van der Waals surface area contributed by atoms with Crippen LogP contribution in [0.3, 0.4) is 0 Å². The Hall–Kier alpha value is -2.04. The summed E-state index contributed by atoms with van der Waals surface area (Å²) in [5, 5.41) is 0. The molecule has 0 radical (unpaired) electrons. The maximum Gasteiger partial charge on any atom is 0.350 e. The van der Waals surface area contributed by atoms with Crippen molar-refractivity contribution in [3.05, 3.63) is 15.8 Å². The number of nitrogens with two attached hydrogens (primary N) is 1. The first kappa shape index (κ1) is 21.0. The van der Waals surface area contributed by atoms with Gasteiger partial charge in [0.25, 0.3) is 0 Å². The van der Waals surface area contributed by atoms with Crippen LogP contribution in [0.25, 0.3) is 0 Å². The van der Waals surface area contributed by atoms with Crippen LogP contribution in [0, 0.1) is 17.3 Å². The lowest BCUT2D eigenvalue weighted by Gasteiger charge is -2.10. The smallest absolute Gasteiger partial charge is 0.350 e. The lowest BCUT2D eigenvalue weighted by atomic mass is 9.98. The second-order valence-corrected chi connectivity index (χ2v) is 7.62. The highest BCUT2D eigenvalue weighted by Gasteiger charge is 2.14. The summed E-state index contributed by atoms with van der Waals surface area (Å²) in [7, 11) is 3.14. The zero-order valence-electron chi connectivity index (χ0n) is 15.5. The molecule has 2 rings (SSSR count). The monoisotopic (exact) mass is 366 g/mol. The molecule has 0 aromatic carbocycles. The van der Waals surface area contributed by atoms with Gasteiger partial charge in [0.1, 0.15) is 4.88 Å². The van der Waals surface area contributed by atoms with E-state index in [4.69, 9.17) is 10.5 Å². The quantitative estimate of drug-likeness (QED) is 0.609. The van der Waals surface area contributed by atoms with Crippen LogP contribution in [0.2, 0.25) is 0 Å². The van der Waals surface area contributed by atoms with E-state index < -0.39 is 5.97 Å². The number of anilines is 1. The van der Waals surface area contributed by atoms with Crippen molar-refractivity contribution in [2.75, 3.05) is 39.6 Å². The Bertz CT molecular complexity index is 665. The fourth-order valence-corrected chi connectivity index (χ4v) is 2.60. The van der Waals surface area contributed by atoms with E-state index in [9.17, 15) is 9.59 Å². The average Bonchev–Trinajstić information content (AvgIpc) is 2.82. The lowest BCUT2D eigenvalue weighted by Crippen LogP contribution is -2.26. The number of amides is 1. The van der Waals surface area contributed by atoms with Gasteiger partial charge in [-0.15, -0.1) is 11.3 Å². The number of carbonyl (C=O) groups excluding carboxylic acids is 2. The molecule has 1 amide bonds. The largest absolute Gasteiger partial charge is 0.465 e. The Balaban J connectivity index is 0.000000293. The third-order valence-corrected chi connectivity index (χ3v) is 4.20. The van der Waals surface area contributed by atoms with E-state index in [1.54, 1.807) is 18.0 Å². The third kappa shape index (κ3) is 7.59. The average molecular weight is 366 g/mol. The van der Waals surface area contributed by atoms with Gasteiger partial charge in [-0.2, -0.15) is 0 Å². The van der Waals surface area contributed by atoms with Crippen molar-refractivity contribution in [3.63, 3.8) is 0 Å². The van der Waals surface area contributed by atoms with Crippen LogP contribution in [0.1, 0.15) is 41.7 Å². The molecule has 0 saturated carbocycles. The summed E-state index contributed by atoms with van der Waals surface area (Å²) in [4.78, 5) is 25.1. The van der Waals surface area contributed by atoms with Gasteiger partial charge < -0.3 is 20.1 Å². The molecule has 0 bridgehead atoms. The standard InChI is InChI=1S/C12H15NO2S.C6H11NO2/c1-12(2,3)6-5-8-7-9(13)10(16-8)11(14)15-4;1-7-3-5-9-4-2-6(7)8/h7H,13H2,1-4H3;2-5H2,1H3. The summed E-state index contributed by atoms with van der Waals surface area (Å²) in [5.74, 6) is 5.87. The lowest BCUT2D eigenvalue weighted by molar-refractivity contribution is -0.129. The number of methoxy groups -OCH3 is 1. The van der Waals surface area contributed by atoms with Gasteiger partial charge in [-0.25, -0.2) is 4.79 Å². The maximum atomic E-state index is 11.3. The summed E-state index contributed by atoms with van der Waals surface area (Å²) in [6.07, 6.45) is 0.538. The van der Waals surface area contributed by atoms with Gasteiger partial charge in [0.05, 0.1) is 37.3 Å². The zero-order valence-corrected chi connectivity index (χ0v) is 16.3. The molecule has 1 saturated heterocycles. The van der Waals surface area contributed by atoms with E-state index in [2.05, 4.69) is 16.6 Å². The van der Waals surface area contributed by atoms with Crippen LogP contribution in [-0.4, -0.2) is 50.7 Å². The Morgan fingerprint density at radius 2 is 2.08 bits per heavy atom. The fraction of sp³-hybridized carbons (Fsp3) is 0.556. The predicted molar refractivity (Wildman–Crippen MR) is 99.5 cm³/mol. The molecule has 0 unspecified atom stereocenters. The van der Waals surface area contributed by atoms with Gasteiger partial charge in [-0.1, -0.05) is 11.8 Å². The van der Waals surface area contributed by atoms with E-state index in [1.807, 2.05) is 20.8 Å². The minimum atomic E-state index is -0.411. The van der Waals surface area contributed by atoms with Crippen LogP contribution < -0.4 is 5.73 Å². The predicted octanol–water partition coefficient (Wildman–Crippen LogP) is 2.38. The number of likely N-dealkylation sites (N-methyl/N-ethyl adjacent to an activating group) is 1. The molecular weight excluding hydrogens is 340 g/mol. The van der Waals surface area contributed by atoms with Gasteiger partial charge in [0, 0.05) is 19.0 Å². The van der Waals surface area contributed by atoms with Crippen molar-refractivity contribution in [2.24, 2.45) is 5.41 Å². The van der Waals surface area contributed by atoms with Crippen molar-refractivity contribution in [1.29, 1.82) is 0 Å². The van der Waals surface area contributed by atoms with Crippen molar-refractivity contribution >= 4 is 28.9 Å². The first-order valence-corrected chi connectivity index (χ1v) is 8.78. The highest BCUT2D eigenvalue weighted by molar-refractivity contribution is 7.15. The Labute approximate surface area is 153 Å². The first-order chi connectivity index (χ1) is 11.6. The second-order valence-electron chi connectivity index (χ2n) is 6.56. The van der Waals surface area contributed by atoms with Crippen LogP contribution in [0.5, 0.6) is 0 Å². The first-order valence-electron chi connectivity index (χ1n) is 7.96. The molecule has 0 atom stereocenters. The molecule has 1 aliphatic rings. The highest BCUT2D eigenvalue weighted by Crippen LogP contribution is 2.25. The third-order valence-electron chi connectivity index (χ3n) is 3.15. The van der Waals surface area contributed by atoms with Crippen LogP contribution in [-0.2, 0) is 14.3 Å². The normalized spacial score (nSPS) is 14.6. The minimum absolute atomic E-state index is 0.0653. The summed E-state index contributed by atoms with van der Waals surface area (Å²) in [6.45, 7) is 8.08. The molecule has 0 aliphatic carbocycles. The van der Waals surface area contributed by atoms with Crippen LogP contribution >= 0.6 is 11.3 Å². The Morgan fingerprint density at radius 1 is 1.40 bits per heavy atom. The van der Waals surface area contributed by atoms with Gasteiger partial charge in [0.2, 0.25) is 5.91 Å². The molecule has 138 valence electrons. The number of rotatable bonds is 1. The molecule has 2 N–H and O–H groups in total. The molecular formula is C18H26N2O4S. The Kier molecular flexibility index (Phi) is 7.94. The van der Waals surface area contributed by atoms with E-state index in [0.29, 0.717) is 30.2 Å². The summed E-state index contributed by atoms with van der Waals surface area (Å²) < 4.78 is 9.69. The number of nitrogen functional groups attached to an aromatic ring is 1. The number of esters is 1. The number of hydrogen-bond acceptors (Lipinski definition) is 6. The molecule has 6 nitrogen and oxygen atoms in total. The maximum absolute atomic E-state index is 11.3. The topological polar surface area (TPSA) is 81.9 Å². The Morgan fingerprint density at radius 3 is 2.68 bits per heavy atom. The number of hydrogen-bond donors (Lipinski definition) is 1. The van der Waals surface area contributed by atoms with Crippen molar-refractivity contribution < 1.29 is 19.1 Å². The molecule has 25 heavy (non-hydrogen) atoms. The number of nitrogens with zero attached hydrogens (tertiary/aromatic N) is 1. The SMILES string of the molecule is CN1CCOCCC1=O.COC(=O)c1sc(C#CC(C)(C)C)cc1N. The van der Waals surface area contributed by atoms with Crippen molar-refractivity contribution in [3.8, 4) is 11.8 Å². The van der Waals surface area contributed by atoms with Gasteiger partial charge in [-0.05, 0) is 26.8 Å².